The Morgan fingerprint density at radius 2 is 2.29 bits per heavy atom. The molecule has 1 aromatic heterocycles. The molecule has 2 atom stereocenters. The number of nitrogens with zero attached hydrogens (tertiary/aromatic N) is 1. The van der Waals surface area contributed by atoms with E-state index >= 15 is 0 Å². The fourth-order valence-corrected chi connectivity index (χ4v) is 2.07. The first-order chi connectivity index (χ1) is 8.15. The topological polar surface area (TPSA) is 47.3 Å². The molecule has 2 unspecified atom stereocenters. The molecule has 0 aliphatic carbocycles. The molecule has 0 aromatic carbocycles. The molecule has 0 amide bonds. The third-order valence-corrected chi connectivity index (χ3v) is 3.01. The van der Waals surface area contributed by atoms with Crippen molar-refractivity contribution < 1.29 is 9.15 Å². The van der Waals surface area contributed by atoms with E-state index in [0.717, 1.165) is 37.5 Å². The lowest BCUT2D eigenvalue weighted by molar-refractivity contribution is 0.0417. The van der Waals surface area contributed by atoms with Crippen molar-refractivity contribution in [1.82, 2.24) is 10.3 Å². The first-order valence-corrected chi connectivity index (χ1v) is 6.48. The van der Waals surface area contributed by atoms with Crippen LogP contribution in [0.15, 0.2) is 10.6 Å². The summed E-state index contributed by atoms with van der Waals surface area (Å²) in [5, 5.41) is 3.35. The molecule has 0 saturated carbocycles. The maximum Gasteiger partial charge on any atom is 0.195 e. The van der Waals surface area contributed by atoms with E-state index in [1.54, 1.807) is 0 Å². The summed E-state index contributed by atoms with van der Waals surface area (Å²) in [5.41, 5.74) is 0. The molecule has 96 valence electrons. The van der Waals surface area contributed by atoms with Crippen LogP contribution in [-0.4, -0.2) is 23.7 Å². The van der Waals surface area contributed by atoms with Crippen LogP contribution in [0.4, 0.5) is 0 Å². The molecule has 4 nitrogen and oxygen atoms in total. The molecule has 1 aliphatic heterocycles. The van der Waals surface area contributed by atoms with Gasteiger partial charge in [0.2, 0.25) is 0 Å². The van der Waals surface area contributed by atoms with E-state index in [9.17, 15) is 0 Å². The van der Waals surface area contributed by atoms with Crippen molar-refractivity contribution in [3.63, 3.8) is 0 Å². The Morgan fingerprint density at radius 1 is 1.47 bits per heavy atom. The van der Waals surface area contributed by atoms with Gasteiger partial charge in [-0.1, -0.05) is 13.8 Å². The van der Waals surface area contributed by atoms with Gasteiger partial charge in [0.05, 0.1) is 12.3 Å². The van der Waals surface area contributed by atoms with Gasteiger partial charge in [-0.15, -0.1) is 0 Å². The highest BCUT2D eigenvalue weighted by Gasteiger charge is 2.26. The van der Waals surface area contributed by atoms with Crippen molar-refractivity contribution >= 4 is 0 Å². The summed E-state index contributed by atoms with van der Waals surface area (Å²) in [6.45, 7) is 7.27. The Labute approximate surface area is 103 Å². The minimum absolute atomic E-state index is 0.115. The van der Waals surface area contributed by atoms with E-state index in [4.69, 9.17) is 9.15 Å². The summed E-state index contributed by atoms with van der Waals surface area (Å²) in [4.78, 5) is 4.30. The molecule has 0 spiro atoms. The predicted octanol–water partition coefficient (Wildman–Crippen LogP) is 2.46. The summed E-state index contributed by atoms with van der Waals surface area (Å²) in [6, 6.07) is 0.503. The molecular weight excluding hydrogens is 216 g/mol. The van der Waals surface area contributed by atoms with Crippen molar-refractivity contribution in [2.24, 2.45) is 0 Å². The standard InChI is InChI=1S/C13H22N2O2/c1-9(2)14-7-6-13-15-8-12(17-13)11-5-4-10(3)16-11/h8-11,14H,4-7H2,1-3H3. The molecule has 0 bridgehead atoms. The molecular formula is C13H22N2O2. The molecule has 0 radical (unpaired) electrons. The van der Waals surface area contributed by atoms with Crippen LogP contribution in [0.5, 0.6) is 0 Å². The molecule has 4 heteroatoms. The highest BCUT2D eigenvalue weighted by Crippen LogP contribution is 2.32. The largest absolute Gasteiger partial charge is 0.443 e. The minimum atomic E-state index is 0.115. The van der Waals surface area contributed by atoms with E-state index in [1.165, 1.54) is 0 Å². The van der Waals surface area contributed by atoms with Crippen LogP contribution in [0.1, 0.15) is 51.4 Å². The van der Waals surface area contributed by atoms with Gasteiger partial charge in [-0.2, -0.15) is 0 Å². The Kier molecular flexibility index (Phi) is 4.18. The zero-order chi connectivity index (χ0) is 12.3. The summed E-state index contributed by atoms with van der Waals surface area (Å²) in [7, 11) is 0. The summed E-state index contributed by atoms with van der Waals surface area (Å²) in [5.74, 6) is 1.69. The predicted molar refractivity (Wildman–Crippen MR) is 65.9 cm³/mol. The van der Waals surface area contributed by atoms with Crippen LogP contribution < -0.4 is 5.32 Å². The number of aromatic nitrogens is 1. The van der Waals surface area contributed by atoms with E-state index in [0.29, 0.717) is 12.1 Å². The Bertz CT molecular complexity index is 349. The van der Waals surface area contributed by atoms with E-state index in [1.807, 2.05) is 6.20 Å². The number of ether oxygens (including phenoxy) is 1. The van der Waals surface area contributed by atoms with Gasteiger partial charge in [-0.05, 0) is 19.8 Å². The van der Waals surface area contributed by atoms with Crippen LogP contribution in [0.25, 0.3) is 0 Å². The second-order valence-electron chi connectivity index (χ2n) is 5.03. The van der Waals surface area contributed by atoms with Crippen LogP contribution in [-0.2, 0) is 11.2 Å². The third kappa shape index (κ3) is 3.54. The van der Waals surface area contributed by atoms with Crippen molar-refractivity contribution in [3.8, 4) is 0 Å². The van der Waals surface area contributed by atoms with Gasteiger partial charge < -0.3 is 14.5 Å². The molecule has 1 saturated heterocycles. The quantitative estimate of drug-likeness (QED) is 0.856. The van der Waals surface area contributed by atoms with Crippen molar-refractivity contribution in [1.29, 1.82) is 0 Å². The van der Waals surface area contributed by atoms with Crippen molar-refractivity contribution in [2.75, 3.05) is 6.54 Å². The van der Waals surface area contributed by atoms with Gasteiger partial charge >= 0.3 is 0 Å². The number of hydrogen-bond donors (Lipinski definition) is 1. The van der Waals surface area contributed by atoms with E-state index in [-0.39, 0.29) is 6.10 Å². The zero-order valence-electron chi connectivity index (χ0n) is 10.9. The van der Waals surface area contributed by atoms with Gasteiger partial charge in [0.1, 0.15) is 6.10 Å². The minimum Gasteiger partial charge on any atom is -0.443 e. The lowest BCUT2D eigenvalue weighted by Crippen LogP contribution is -2.24. The SMILES string of the molecule is CC(C)NCCc1ncc(C2CCC(C)O2)o1. The number of oxazole rings is 1. The Hall–Kier alpha value is -0.870. The molecule has 17 heavy (non-hydrogen) atoms. The van der Waals surface area contributed by atoms with Crippen LogP contribution >= 0.6 is 0 Å². The highest BCUT2D eigenvalue weighted by atomic mass is 16.5. The second kappa shape index (κ2) is 5.65. The molecule has 2 rings (SSSR count). The number of rotatable bonds is 5. The van der Waals surface area contributed by atoms with Gasteiger partial charge in [-0.25, -0.2) is 4.98 Å². The smallest absolute Gasteiger partial charge is 0.195 e. The van der Waals surface area contributed by atoms with Gasteiger partial charge in [0.25, 0.3) is 0 Å². The molecule has 1 aromatic rings. The lowest BCUT2D eigenvalue weighted by Gasteiger charge is -2.07. The first kappa shape index (κ1) is 12.6. The normalized spacial score (nSPS) is 24.7. The number of hydrogen-bond acceptors (Lipinski definition) is 4. The summed E-state index contributed by atoms with van der Waals surface area (Å²) < 4.78 is 11.5. The van der Waals surface area contributed by atoms with Crippen LogP contribution in [0.3, 0.4) is 0 Å². The summed E-state index contributed by atoms with van der Waals surface area (Å²) >= 11 is 0. The lowest BCUT2D eigenvalue weighted by atomic mass is 10.2. The second-order valence-corrected chi connectivity index (χ2v) is 5.03. The van der Waals surface area contributed by atoms with Crippen LogP contribution in [0.2, 0.25) is 0 Å². The van der Waals surface area contributed by atoms with Gasteiger partial charge in [-0.3, -0.25) is 0 Å². The van der Waals surface area contributed by atoms with Gasteiger partial charge in [0, 0.05) is 19.0 Å². The van der Waals surface area contributed by atoms with Gasteiger partial charge in [0.15, 0.2) is 11.7 Å². The number of nitrogens with one attached hydrogen (secondary N) is 1. The average Bonchev–Trinajstić information content (AvgIpc) is 2.86. The Balaban J connectivity index is 1.83. The highest BCUT2D eigenvalue weighted by molar-refractivity contribution is 5.00. The molecule has 2 heterocycles. The Morgan fingerprint density at radius 3 is 2.94 bits per heavy atom. The molecule has 1 aliphatic rings. The first-order valence-electron chi connectivity index (χ1n) is 6.48. The molecule has 1 fully saturated rings. The van der Waals surface area contributed by atoms with Crippen LogP contribution in [0, 0.1) is 0 Å². The van der Waals surface area contributed by atoms with Crippen molar-refractivity contribution in [3.05, 3.63) is 17.8 Å². The van der Waals surface area contributed by atoms with Crippen molar-refractivity contribution in [2.45, 2.75) is 58.3 Å². The van der Waals surface area contributed by atoms with E-state index < -0.39 is 0 Å². The fraction of sp³-hybridized carbons (Fsp3) is 0.769. The maximum absolute atomic E-state index is 5.75. The monoisotopic (exact) mass is 238 g/mol. The fourth-order valence-electron chi connectivity index (χ4n) is 2.07. The van der Waals surface area contributed by atoms with E-state index in [2.05, 4.69) is 31.1 Å². The average molecular weight is 238 g/mol. The zero-order valence-corrected chi connectivity index (χ0v) is 10.9. The maximum atomic E-state index is 5.75. The summed E-state index contributed by atoms with van der Waals surface area (Å²) in [6.07, 6.45) is 5.25. The molecule has 1 N–H and O–H groups in total. The third-order valence-electron chi connectivity index (χ3n) is 3.01.